The summed E-state index contributed by atoms with van der Waals surface area (Å²) < 4.78 is 6.48. The van der Waals surface area contributed by atoms with Crippen LogP contribution in [-0.4, -0.2) is 31.1 Å². The fourth-order valence-electron chi connectivity index (χ4n) is 2.74. The summed E-state index contributed by atoms with van der Waals surface area (Å²) in [5.41, 5.74) is 2.79. The summed E-state index contributed by atoms with van der Waals surface area (Å²) in [6.45, 7) is 2.01. The summed E-state index contributed by atoms with van der Waals surface area (Å²) in [4.78, 5) is 4.50. The molecule has 0 aliphatic carbocycles. The molecule has 138 valence electrons. The Kier molecular flexibility index (Phi) is 4.79. The van der Waals surface area contributed by atoms with Crippen molar-refractivity contribution < 1.29 is 14.9 Å². The van der Waals surface area contributed by atoms with E-state index in [9.17, 15) is 10.2 Å². The zero-order chi connectivity index (χ0) is 19.0. The lowest BCUT2D eigenvalue weighted by Crippen LogP contribution is -2.17. The molecule has 0 amide bonds. The molecule has 0 unspecified atom stereocenters. The molecule has 4 rings (SSSR count). The molecule has 1 aromatic heterocycles. The number of nitrogens with zero attached hydrogens (tertiary/aromatic N) is 3. The molecule has 0 bridgehead atoms. The number of aromatic nitrogens is 3. The van der Waals surface area contributed by atoms with Gasteiger partial charge >= 0.3 is 0 Å². The molecule has 2 heterocycles. The van der Waals surface area contributed by atoms with Crippen LogP contribution >= 0.6 is 27.7 Å². The van der Waals surface area contributed by atoms with E-state index in [1.807, 2.05) is 31.2 Å². The number of halogens is 1. The van der Waals surface area contributed by atoms with Gasteiger partial charge in [-0.15, -0.1) is 10.2 Å². The lowest BCUT2D eigenvalue weighted by molar-refractivity contribution is 0.224. The van der Waals surface area contributed by atoms with Crippen molar-refractivity contribution in [3.63, 3.8) is 0 Å². The van der Waals surface area contributed by atoms with Gasteiger partial charge in [0.25, 0.3) is 0 Å². The molecular weight excluding hydrogens is 432 g/mol. The quantitative estimate of drug-likeness (QED) is 0.403. The summed E-state index contributed by atoms with van der Waals surface area (Å²) in [5.74, 6) is 0.703. The summed E-state index contributed by atoms with van der Waals surface area (Å²) in [5, 5.41) is 32.1. The highest BCUT2D eigenvalue weighted by atomic mass is 79.9. The van der Waals surface area contributed by atoms with Gasteiger partial charge in [0, 0.05) is 16.8 Å². The average molecular weight is 447 g/mol. The van der Waals surface area contributed by atoms with Gasteiger partial charge in [-0.1, -0.05) is 36.9 Å². The van der Waals surface area contributed by atoms with E-state index in [0.29, 0.717) is 26.8 Å². The Hall–Kier alpha value is -2.52. The monoisotopic (exact) mass is 446 g/mol. The first-order valence-electron chi connectivity index (χ1n) is 8.18. The van der Waals surface area contributed by atoms with Gasteiger partial charge in [-0.3, -0.25) is 0 Å². The number of phenols is 2. The number of phenolic OH excluding ortho intramolecular Hbond substituents is 2. The number of para-hydroxylation sites is 1. The van der Waals surface area contributed by atoms with Crippen LogP contribution in [0.15, 0.2) is 46.0 Å². The molecule has 1 aliphatic heterocycles. The van der Waals surface area contributed by atoms with Gasteiger partial charge < -0.3 is 20.3 Å². The van der Waals surface area contributed by atoms with E-state index >= 15 is 0 Å². The molecule has 2 aromatic carbocycles. The Morgan fingerprint density at radius 2 is 2.04 bits per heavy atom. The minimum absolute atomic E-state index is 0.223. The van der Waals surface area contributed by atoms with Gasteiger partial charge in [-0.05, 0) is 39.9 Å². The van der Waals surface area contributed by atoms with Gasteiger partial charge in [0.05, 0.1) is 4.47 Å². The number of ether oxygens (including phenoxy) is 1. The third-order valence-electron chi connectivity index (χ3n) is 3.98. The van der Waals surface area contributed by atoms with Crippen molar-refractivity contribution in [2.45, 2.75) is 18.3 Å². The van der Waals surface area contributed by atoms with E-state index in [0.717, 1.165) is 17.0 Å². The largest absolute Gasteiger partial charge is 0.504 e. The SMILES string of the molecule is CCSc1nnc2c(n1)O[C@@H](c1cc(O)c(O)c(Br)c1)Nc1ccccc1-2. The molecule has 9 heteroatoms. The first-order chi connectivity index (χ1) is 13.1. The Morgan fingerprint density at radius 1 is 1.22 bits per heavy atom. The van der Waals surface area contributed by atoms with E-state index in [2.05, 4.69) is 36.4 Å². The molecular formula is C18H15BrN4O3S. The molecule has 1 atom stereocenters. The molecule has 7 nitrogen and oxygen atoms in total. The van der Waals surface area contributed by atoms with Crippen LogP contribution in [0.4, 0.5) is 5.69 Å². The van der Waals surface area contributed by atoms with Gasteiger partial charge in [0.2, 0.25) is 11.0 Å². The maximum atomic E-state index is 9.98. The van der Waals surface area contributed by atoms with Crippen LogP contribution in [0.1, 0.15) is 18.7 Å². The van der Waals surface area contributed by atoms with Crippen LogP contribution in [-0.2, 0) is 0 Å². The van der Waals surface area contributed by atoms with Gasteiger partial charge in [-0.25, -0.2) is 0 Å². The number of anilines is 1. The lowest BCUT2D eigenvalue weighted by Gasteiger charge is -2.20. The number of hydrogen-bond acceptors (Lipinski definition) is 8. The fraction of sp³-hybridized carbons (Fsp3) is 0.167. The summed E-state index contributed by atoms with van der Waals surface area (Å²) in [6.07, 6.45) is -0.647. The third kappa shape index (κ3) is 3.40. The topological polar surface area (TPSA) is 100 Å². The maximum absolute atomic E-state index is 9.98. The van der Waals surface area contributed by atoms with Crippen LogP contribution in [0, 0.1) is 0 Å². The number of aromatic hydroxyl groups is 2. The van der Waals surface area contributed by atoms with Crippen molar-refractivity contribution in [1.29, 1.82) is 0 Å². The minimum atomic E-state index is -0.647. The summed E-state index contributed by atoms with van der Waals surface area (Å²) in [7, 11) is 0. The highest BCUT2D eigenvalue weighted by Crippen LogP contribution is 2.42. The minimum Gasteiger partial charge on any atom is -0.504 e. The molecule has 0 spiro atoms. The molecule has 0 radical (unpaired) electrons. The molecule has 1 aliphatic rings. The Morgan fingerprint density at radius 3 is 2.81 bits per heavy atom. The van der Waals surface area contributed by atoms with Crippen LogP contribution in [0.3, 0.4) is 0 Å². The normalized spacial score (nSPS) is 15.1. The lowest BCUT2D eigenvalue weighted by atomic mass is 10.1. The Labute approximate surface area is 168 Å². The first kappa shape index (κ1) is 17.9. The predicted molar refractivity (Wildman–Crippen MR) is 106 cm³/mol. The molecule has 3 N–H and O–H groups in total. The maximum Gasteiger partial charge on any atom is 0.247 e. The summed E-state index contributed by atoms with van der Waals surface area (Å²) >= 11 is 4.72. The van der Waals surface area contributed by atoms with E-state index < -0.39 is 6.23 Å². The van der Waals surface area contributed by atoms with Crippen molar-refractivity contribution in [3.05, 3.63) is 46.4 Å². The number of hydrogen-bond donors (Lipinski definition) is 3. The smallest absolute Gasteiger partial charge is 0.247 e. The number of thioether (sulfide) groups is 1. The van der Waals surface area contributed by atoms with E-state index in [1.165, 1.54) is 17.8 Å². The second kappa shape index (κ2) is 7.24. The molecule has 3 aromatic rings. The average Bonchev–Trinajstić information content (AvgIpc) is 2.82. The van der Waals surface area contributed by atoms with Crippen LogP contribution < -0.4 is 10.1 Å². The van der Waals surface area contributed by atoms with Crippen molar-refractivity contribution >= 4 is 33.4 Å². The Bertz CT molecular complexity index is 995. The zero-order valence-electron chi connectivity index (χ0n) is 14.2. The zero-order valence-corrected chi connectivity index (χ0v) is 16.6. The predicted octanol–water partition coefficient (Wildman–Crippen LogP) is 4.33. The van der Waals surface area contributed by atoms with Crippen LogP contribution in [0.5, 0.6) is 17.4 Å². The molecule has 0 saturated carbocycles. The highest BCUT2D eigenvalue weighted by molar-refractivity contribution is 9.10. The molecule has 27 heavy (non-hydrogen) atoms. The number of nitrogens with one attached hydrogen (secondary N) is 1. The Balaban J connectivity index is 1.84. The number of benzene rings is 2. The van der Waals surface area contributed by atoms with Crippen molar-refractivity contribution in [2.24, 2.45) is 0 Å². The summed E-state index contributed by atoms with van der Waals surface area (Å²) in [6, 6.07) is 10.8. The van der Waals surface area contributed by atoms with Crippen molar-refractivity contribution in [3.8, 4) is 28.6 Å². The fourth-order valence-corrected chi connectivity index (χ4v) is 3.72. The van der Waals surface area contributed by atoms with Crippen LogP contribution in [0.25, 0.3) is 11.3 Å². The standard InChI is InChI=1S/C18H15BrN4O3S/c1-2-27-18-21-17-14(22-23-18)10-5-3-4-6-12(10)20-16(26-17)9-7-11(19)15(25)13(24)8-9/h3-8,16,20,24-25H,2H2,1H3/t16-/m0/s1. The van der Waals surface area contributed by atoms with Crippen molar-refractivity contribution in [1.82, 2.24) is 15.2 Å². The van der Waals surface area contributed by atoms with E-state index in [-0.39, 0.29) is 11.5 Å². The number of rotatable bonds is 3. The van der Waals surface area contributed by atoms with Gasteiger partial charge in [0.15, 0.2) is 23.4 Å². The second-order valence-corrected chi connectivity index (χ2v) is 7.82. The second-order valence-electron chi connectivity index (χ2n) is 5.74. The third-order valence-corrected chi connectivity index (χ3v) is 5.30. The highest BCUT2D eigenvalue weighted by Gasteiger charge is 2.27. The van der Waals surface area contributed by atoms with Gasteiger partial charge in [0.1, 0.15) is 0 Å². The first-order valence-corrected chi connectivity index (χ1v) is 9.96. The van der Waals surface area contributed by atoms with E-state index in [4.69, 9.17) is 4.74 Å². The number of fused-ring (bicyclic) bond motifs is 3. The molecule has 0 fully saturated rings. The van der Waals surface area contributed by atoms with E-state index in [1.54, 1.807) is 6.07 Å². The van der Waals surface area contributed by atoms with Gasteiger partial charge in [-0.2, -0.15) is 4.98 Å². The molecule has 0 saturated heterocycles. The van der Waals surface area contributed by atoms with Crippen molar-refractivity contribution in [2.75, 3.05) is 11.1 Å². The van der Waals surface area contributed by atoms with Crippen LogP contribution in [0.2, 0.25) is 0 Å².